The quantitative estimate of drug-likeness (QED) is 0.670. The zero-order chi connectivity index (χ0) is 14.5. The lowest BCUT2D eigenvalue weighted by molar-refractivity contribution is -0.135. The van der Waals surface area contributed by atoms with Gasteiger partial charge in [-0.25, -0.2) is 0 Å². The second-order valence-corrected chi connectivity index (χ2v) is 4.27. The minimum atomic E-state index is -1.12. The molecule has 0 aliphatic rings. The average molecular weight is 270 g/mol. The van der Waals surface area contributed by atoms with Gasteiger partial charge in [-0.05, 0) is 11.6 Å². The van der Waals surface area contributed by atoms with E-state index in [0.29, 0.717) is 5.56 Å². The summed E-state index contributed by atoms with van der Waals surface area (Å²) in [5.74, 6) is -0.773. The molecule has 0 aromatic heterocycles. The summed E-state index contributed by atoms with van der Waals surface area (Å²) < 4.78 is 5.29. The molecule has 0 radical (unpaired) electrons. The van der Waals surface area contributed by atoms with Crippen LogP contribution in [0, 0.1) is 0 Å². The summed E-state index contributed by atoms with van der Waals surface area (Å²) in [7, 11) is 1.60. The minimum absolute atomic E-state index is 0.394. The van der Waals surface area contributed by atoms with Gasteiger partial charge in [-0.1, -0.05) is 42.5 Å². The van der Waals surface area contributed by atoms with Gasteiger partial charge in [0.25, 0.3) is 0 Å². The fourth-order valence-corrected chi connectivity index (χ4v) is 1.96. The van der Waals surface area contributed by atoms with Gasteiger partial charge >= 0.3 is 5.97 Å². The number of hydrogen-bond donors (Lipinski definition) is 1. The number of Topliss-reactive ketones (excluding diaryl/α,β-unsaturated/α-hetero) is 1. The molecule has 1 N–H and O–H groups in total. The predicted octanol–water partition coefficient (Wildman–Crippen LogP) is 3.02. The molecule has 0 heterocycles. The van der Waals surface area contributed by atoms with E-state index in [-0.39, 0.29) is 0 Å². The van der Waals surface area contributed by atoms with E-state index in [9.17, 15) is 9.59 Å². The van der Waals surface area contributed by atoms with Gasteiger partial charge in [0, 0.05) is 11.1 Å². The molecule has 0 saturated heterocycles. The first kappa shape index (κ1) is 13.8. The van der Waals surface area contributed by atoms with Crippen molar-refractivity contribution in [1.82, 2.24) is 0 Å². The Balaban J connectivity index is 2.28. The second kappa shape index (κ2) is 6.02. The summed E-state index contributed by atoms with van der Waals surface area (Å²) >= 11 is 0. The van der Waals surface area contributed by atoms with Crippen molar-refractivity contribution in [2.45, 2.75) is 6.42 Å². The number of aliphatic carboxylic acids is 1. The van der Waals surface area contributed by atoms with Gasteiger partial charge in [-0.15, -0.1) is 0 Å². The Morgan fingerprint density at radius 1 is 1.05 bits per heavy atom. The van der Waals surface area contributed by atoms with Crippen LogP contribution in [-0.4, -0.2) is 24.0 Å². The zero-order valence-electron chi connectivity index (χ0n) is 11.0. The number of carbonyl (C=O) groups is 2. The van der Waals surface area contributed by atoms with E-state index >= 15 is 0 Å². The Hall–Kier alpha value is -2.62. The monoisotopic (exact) mass is 270 g/mol. The minimum Gasteiger partial charge on any atom is -0.496 e. The van der Waals surface area contributed by atoms with Crippen LogP contribution in [0.4, 0.5) is 0 Å². The van der Waals surface area contributed by atoms with E-state index in [2.05, 4.69) is 0 Å². The number of methoxy groups -OCH3 is 1. The van der Waals surface area contributed by atoms with Crippen molar-refractivity contribution in [1.29, 1.82) is 0 Å². The summed E-state index contributed by atoms with van der Waals surface area (Å²) in [5.41, 5.74) is 2.23. The third kappa shape index (κ3) is 3.03. The SMILES string of the molecule is COc1ccccc1-c1ccc(C(=O)CC(=O)O)cc1. The van der Waals surface area contributed by atoms with Crippen molar-refractivity contribution < 1.29 is 19.4 Å². The Kier molecular flexibility index (Phi) is 4.15. The highest BCUT2D eigenvalue weighted by Gasteiger charge is 2.11. The standard InChI is InChI=1S/C16H14O4/c1-20-15-5-3-2-4-13(15)11-6-8-12(9-7-11)14(17)10-16(18)19/h2-9H,10H2,1H3,(H,18,19). The molecule has 4 nitrogen and oxygen atoms in total. The number of ketones is 1. The zero-order valence-corrected chi connectivity index (χ0v) is 11.0. The molecule has 0 bridgehead atoms. The topological polar surface area (TPSA) is 63.6 Å². The predicted molar refractivity (Wildman–Crippen MR) is 75.0 cm³/mol. The van der Waals surface area contributed by atoms with Crippen molar-refractivity contribution >= 4 is 11.8 Å². The van der Waals surface area contributed by atoms with Crippen LogP contribution < -0.4 is 4.74 Å². The maximum atomic E-state index is 11.6. The summed E-state index contributed by atoms with van der Waals surface area (Å²) in [6.07, 6.45) is -0.492. The molecule has 0 aliphatic heterocycles. The lowest BCUT2D eigenvalue weighted by atomic mass is 10.0. The van der Waals surface area contributed by atoms with Crippen LogP contribution in [0.5, 0.6) is 5.75 Å². The normalized spacial score (nSPS) is 10.1. The first-order valence-corrected chi connectivity index (χ1v) is 6.10. The van der Waals surface area contributed by atoms with Crippen LogP contribution >= 0.6 is 0 Å². The molecule has 102 valence electrons. The smallest absolute Gasteiger partial charge is 0.311 e. The molecule has 20 heavy (non-hydrogen) atoms. The highest BCUT2D eigenvalue weighted by molar-refractivity contribution is 6.05. The third-order valence-electron chi connectivity index (χ3n) is 2.94. The van der Waals surface area contributed by atoms with E-state index in [1.165, 1.54) is 0 Å². The number of benzene rings is 2. The fraction of sp³-hybridized carbons (Fsp3) is 0.125. The van der Waals surface area contributed by atoms with E-state index in [1.807, 2.05) is 24.3 Å². The van der Waals surface area contributed by atoms with Crippen molar-refractivity contribution in [3.8, 4) is 16.9 Å². The number of carboxylic acids is 1. The molecule has 2 rings (SSSR count). The molecule has 0 spiro atoms. The van der Waals surface area contributed by atoms with Crippen LogP contribution in [0.1, 0.15) is 16.8 Å². The van der Waals surface area contributed by atoms with Gasteiger partial charge in [-0.3, -0.25) is 9.59 Å². The van der Waals surface area contributed by atoms with E-state index in [1.54, 1.807) is 31.4 Å². The summed E-state index contributed by atoms with van der Waals surface area (Å²) in [6.45, 7) is 0. The molecule has 2 aromatic carbocycles. The number of rotatable bonds is 5. The molecule has 0 fully saturated rings. The Morgan fingerprint density at radius 3 is 2.30 bits per heavy atom. The van der Waals surface area contributed by atoms with Gasteiger partial charge in [-0.2, -0.15) is 0 Å². The molecular formula is C16H14O4. The van der Waals surface area contributed by atoms with Crippen LogP contribution in [0.25, 0.3) is 11.1 Å². The Morgan fingerprint density at radius 2 is 1.70 bits per heavy atom. The van der Waals surface area contributed by atoms with Gasteiger partial charge in [0.2, 0.25) is 0 Å². The highest BCUT2D eigenvalue weighted by Crippen LogP contribution is 2.29. The number of carbonyl (C=O) groups excluding carboxylic acids is 1. The lowest BCUT2D eigenvalue weighted by Gasteiger charge is -2.08. The van der Waals surface area contributed by atoms with Crippen LogP contribution in [0.15, 0.2) is 48.5 Å². The van der Waals surface area contributed by atoms with Crippen LogP contribution in [-0.2, 0) is 4.79 Å². The largest absolute Gasteiger partial charge is 0.496 e. The van der Waals surface area contributed by atoms with Crippen LogP contribution in [0.2, 0.25) is 0 Å². The van der Waals surface area contributed by atoms with Crippen molar-refractivity contribution in [2.75, 3.05) is 7.11 Å². The molecular weight excluding hydrogens is 256 g/mol. The number of hydrogen-bond acceptors (Lipinski definition) is 3. The van der Waals surface area contributed by atoms with Crippen LogP contribution in [0.3, 0.4) is 0 Å². The summed E-state index contributed by atoms with van der Waals surface area (Å²) in [6, 6.07) is 14.4. The molecule has 0 saturated carbocycles. The molecule has 0 amide bonds. The maximum absolute atomic E-state index is 11.6. The average Bonchev–Trinajstić information content (AvgIpc) is 2.46. The van der Waals surface area contributed by atoms with Gasteiger partial charge in [0.1, 0.15) is 12.2 Å². The van der Waals surface area contributed by atoms with Crippen molar-refractivity contribution in [3.05, 3.63) is 54.1 Å². The molecule has 2 aromatic rings. The van der Waals surface area contributed by atoms with Gasteiger partial charge < -0.3 is 9.84 Å². The van der Waals surface area contributed by atoms with Gasteiger partial charge in [0.15, 0.2) is 5.78 Å². The summed E-state index contributed by atoms with van der Waals surface area (Å²) in [5, 5.41) is 8.61. The first-order valence-electron chi connectivity index (χ1n) is 6.10. The van der Waals surface area contributed by atoms with Crippen molar-refractivity contribution in [2.24, 2.45) is 0 Å². The maximum Gasteiger partial charge on any atom is 0.311 e. The molecule has 0 aliphatic carbocycles. The third-order valence-corrected chi connectivity index (χ3v) is 2.94. The number of ether oxygens (including phenoxy) is 1. The summed E-state index contributed by atoms with van der Waals surface area (Å²) in [4.78, 5) is 22.1. The Bertz CT molecular complexity index is 629. The van der Waals surface area contributed by atoms with E-state index in [0.717, 1.165) is 16.9 Å². The Labute approximate surface area is 116 Å². The molecule has 4 heteroatoms. The van der Waals surface area contributed by atoms with E-state index in [4.69, 9.17) is 9.84 Å². The van der Waals surface area contributed by atoms with Gasteiger partial charge in [0.05, 0.1) is 7.11 Å². The molecule has 0 unspecified atom stereocenters. The molecule has 0 atom stereocenters. The fourth-order valence-electron chi connectivity index (χ4n) is 1.96. The number of para-hydroxylation sites is 1. The number of carboxylic acid groups (broad SMARTS) is 1. The van der Waals surface area contributed by atoms with Crippen molar-refractivity contribution in [3.63, 3.8) is 0 Å². The van der Waals surface area contributed by atoms with E-state index < -0.39 is 18.2 Å². The first-order chi connectivity index (χ1) is 9.61. The lowest BCUT2D eigenvalue weighted by Crippen LogP contribution is -2.06. The second-order valence-electron chi connectivity index (χ2n) is 4.27. The highest BCUT2D eigenvalue weighted by atomic mass is 16.5.